The summed E-state index contributed by atoms with van der Waals surface area (Å²) in [4.78, 5) is 0. The molecule has 0 aromatic rings. The summed E-state index contributed by atoms with van der Waals surface area (Å²) in [5.74, 6) is 4.72. The fraction of sp³-hybridized carbons (Fsp3) is 1.00. The van der Waals surface area contributed by atoms with E-state index < -0.39 is 0 Å². The van der Waals surface area contributed by atoms with E-state index in [0.29, 0.717) is 0 Å². The molecule has 2 aliphatic carbocycles. The van der Waals surface area contributed by atoms with E-state index in [4.69, 9.17) is 0 Å². The van der Waals surface area contributed by atoms with E-state index in [1.54, 1.807) is 12.8 Å². The highest BCUT2D eigenvalue weighted by Gasteiger charge is 2.59. The van der Waals surface area contributed by atoms with Gasteiger partial charge in [-0.2, -0.15) is 0 Å². The first-order valence-electron chi connectivity index (χ1n) is 6.88. The topological polar surface area (TPSA) is 0 Å². The Morgan fingerprint density at radius 1 is 0.786 bits per heavy atom. The molecular weight excluding hydrogens is 168 g/mol. The van der Waals surface area contributed by atoms with Crippen LogP contribution in [-0.2, 0) is 0 Å². The molecule has 0 N–H and O–H groups in total. The molecule has 0 saturated heterocycles. The first kappa shape index (κ1) is 10.5. The minimum absolute atomic E-state index is 1.16. The fourth-order valence-corrected chi connectivity index (χ4v) is 3.71. The van der Waals surface area contributed by atoms with Crippen molar-refractivity contribution in [2.75, 3.05) is 0 Å². The quantitative estimate of drug-likeness (QED) is 0.518. The van der Waals surface area contributed by atoms with Gasteiger partial charge in [-0.1, -0.05) is 52.4 Å². The minimum Gasteiger partial charge on any atom is -0.0654 e. The Bertz CT molecular complexity index is 173. The lowest BCUT2D eigenvalue weighted by Gasteiger charge is -2.36. The average Bonchev–Trinajstić information content (AvgIpc) is 2.90. The molecule has 2 aliphatic rings. The van der Waals surface area contributed by atoms with E-state index in [1.807, 2.05) is 0 Å². The van der Waals surface area contributed by atoms with Crippen LogP contribution in [0.3, 0.4) is 0 Å². The number of hydrogen-bond acceptors (Lipinski definition) is 0. The second kappa shape index (κ2) is 4.68. The Balaban J connectivity index is 1.61. The van der Waals surface area contributed by atoms with Crippen molar-refractivity contribution in [3.05, 3.63) is 0 Å². The number of unbranched alkanes of at least 4 members (excludes halogenated alkanes) is 3. The van der Waals surface area contributed by atoms with Gasteiger partial charge in [0.1, 0.15) is 0 Å². The van der Waals surface area contributed by atoms with Crippen molar-refractivity contribution < 1.29 is 0 Å². The third-order valence-corrected chi connectivity index (χ3v) is 4.55. The summed E-state index contributed by atoms with van der Waals surface area (Å²) in [6, 6.07) is 0. The molecule has 0 aliphatic heterocycles. The van der Waals surface area contributed by atoms with E-state index in [2.05, 4.69) is 13.8 Å². The molecule has 4 unspecified atom stereocenters. The predicted octanol–water partition coefficient (Wildman–Crippen LogP) is 4.64. The van der Waals surface area contributed by atoms with Gasteiger partial charge in [-0.05, 0) is 36.5 Å². The molecule has 0 bridgehead atoms. The van der Waals surface area contributed by atoms with Crippen LogP contribution in [0.5, 0.6) is 0 Å². The summed E-state index contributed by atoms with van der Waals surface area (Å²) in [5.41, 5.74) is 0. The maximum absolute atomic E-state index is 2.35. The molecule has 4 atom stereocenters. The summed E-state index contributed by atoms with van der Waals surface area (Å²) in [6.45, 7) is 4.66. The smallest absolute Gasteiger partial charge is 0.0349 e. The van der Waals surface area contributed by atoms with E-state index in [9.17, 15) is 0 Å². The maximum atomic E-state index is 2.35. The van der Waals surface area contributed by atoms with Crippen LogP contribution >= 0.6 is 0 Å². The van der Waals surface area contributed by atoms with E-state index in [-0.39, 0.29) is 0 Å². The Hall–Kier alpha value is 0. The van der Waals surface area contributed by atoms with Crippen molar-refractivity contribution in [1.82, 2.24) is 0 Å². The van der Waals surface area contributed by atoms with Gasteiger partial charge in [0.05, 0.1) is 0 Å². The Morgan fingerprint density at radius 3 is 2.14 bits per heavy atom. The standard InChI is InChI=1S/C14H26/c1-3-5-6-7-9-12-11(8-4-2)13-10-14(12)13/h11-14H,3-10H2,1-2H3. The van der Waals surface area contributed by atoms with Gasteiger partial charge in [0.2, 0.25) is 0 Å². The first-order valence-corrected chi connectivity index (χ1v) is 6.88. The van der Waals surface area contributed by atoms with Crippen molar-refractivity contribution in [3.8, 4) is 0 Å². The number of rotatable bonds is 7. The highest BCUT2D eigenvalue weighted by Crippen LogP contribution is 2.66. The van der Waals surface area contributed by atoms with Crippen LogP contribution in [0.1, 0.15) is 65.2 Å². The lowest BCUT2D eigenvalue weighted by Crippen LogP contribution is -2.29. The van der Waals surface area contributed by atoms with Gasteiger partial charge in [-0.15, -0.1) is 0 Å². The maximum Gasteiger partial charge on any atom is -0.0349 e. The average molecular weight is 194 g/mol. The molecule has 2 rings (SSSR count). The van der Waals surface area contributed by atoms with Crippen molar-refractivity contribution in [3.63, 3.8) is 0 Å². The lowest BCUT2D eigenvalue weighted by molar-refractivity contribution is 0.128. The van der Waals surface area contributed by atoms with Crippen molar-refractivity contribution >= 4 is 0 Å². The van der Waals surface area contributed by atoms with Crippen LogP contribution in [0.4, 0.5) is 0 Å². The molecule has 0 heteroatoms. The van der Waals surface area contributed by atoms with Gasteiger partial charge in [0.15, 0.2) is 0 Å². The minimum atomic E-state index is 1.16. The monoisotopic (exact) mass is 194 g/mol. The molecule has 14 heavy (non-hydrogen) atoms. The Labute approximate surface area is 89.5 Å². The molecule has 0 heterocycles. The summed E-state index contributed by atoms with van der Waals surface area (Å²) >= 11 is 0. The normalized spacial score (nSPS) is 39.0. The molecule has 82 valence electrons. The second-order valence-corrected chi connectivity index (χ2v) is 5.53. The Morgan fingerprint density at radius 2 is 1.50 bits per heavy atom. The van der Waals surface area contributed by atoms with E-state index in [0.717, 1.165) is 11.8 Å². The van der Waals surface area contributed by atoms with Crippen LogP contribution in [-0.4, -0.2) is 0 Å². The lowest BCUT2D eigenvalue weighted by atomic mass is 9.69. The number of fused-ring (bicyclic) bond motifs is 1. The van der Waals surface area contributed by atoms with Gasteiger partial charge < -0.3 is 0 Å². The van der Waals surface area contributed by atoms with Gasteiger partial charge >= 0.3 is 0 Å². The van der Waals surface area contributed by atoms with Crippen LogP contribution in [0.15, 0.2) is 0 Å². The van der Waals surface area contributed by atoms with Gasteiger partial charge in [0.25, 0.3) is 0 Å². The highest BCUT2D eigenvalue weighted by molar-refractivity contribution is 5.08. The second-order valence-electron chi connectivity index (χ2n) is 5.53. The van der Waals surface area contributed by atoms with Crippen molar-refractivity contribution in [1.29, 1.82) is 0 Å². The van der Waals surface area contributed by atoms with Gasteiger partial charge in [0, 0.05) is 0 Å². The predicted molar refractivity (Wildman–Crippen MR) is 62.2 cm³/mol. The largest absolute Gasteiger partial charge is 0.0654 e. The van der Waals surface area contributed by atoms with Crippen LogP contribution in [0.25, 0.3) is 0 Å². The molecule has 0 aromatic carbocycles. The zero-order chi connectivity index (χ0) is 9.97. The highest BCUT2D eigenvalue weighted by atomic mass is 14.6. The zero-order valence-corrected chi connectivity index (χ0v) is 9.97. The molecule has 0 aromatic heterocycles. The molecule has 0 nitrogen and oxygen atoms in total. The molecule has 0 spiro atoms. The number of hydrogen-bond donors (Lipinski definition) is 0. The van der Waals surface area contributed by atoms with Gasteiger partial charge in [-0.3, -0.25) is 0 Å². The zero-order valence-electron chi connectivity index (χ0n) is 9.97. The van der Waals surface area contributed by atoms with E-state index in [1.165, 1.54) is 50.4 Å². The molecule has 2 fully saturated rings. The SMILES string of the molecule is CCCCCCC1C(CCC)C2CC12. The molecule has 0 amide bonds. The van der Waals surface area contributed by atoms with Crippen LogP contribution in [0, 0.1) is 23.7 Å². The molecule has 0 radical (unpaired) electrons. The summed E-state index contributed by atoms with van der Waals surface area (Å²) in [7, 11) is 0. The van der Waals surface area contributed by atoms with Gasteiger partial charge in [-0.25, -0.2) is 0 Å². The Kier molecular flexibility index (Phi) is 3.52. The van der Waals surface area contributed by atoms with E-state index >= 15 is 0 Å². The summed E-state index contributed by atoms with van der Waals surface area (Å²) < 4.78 is 0. The third-order valence-electron chi connectivity index (χ3n) is 4.55. The summed E-state index contributed by atoms with van der Waals surface area (Å²) in [6.07, 6.45) is 12.0. The fourth-order valence-electron chi connectivity index (χ4n) is 3.71. The third kappa shape index (κ3) is 1.99. The van der Waals surface area contributed by atoms with Crippen LogP contribution in [0.2, 0.25) is 0 Å². The molecule has 2 saturated carbocycles. The summed E-state index contributed by atoms with van der Waals surface area (Å²) in [5, 5.41) is 0. The van der Waals surface area contributed by atoms with Crippen molar-refractivity contribution in [2.24, 2.45) is 23.7 Å². The molecular formula is C14H26. The van der Waals surface area contributed by atoms with Crippen LogP contribution < -0.4 is 0 Å². The van der Waals surface area contributed by atoms with Crippen molar-refractivity contribution in [2.45, 2.75) is 65.2 Å². The first-order chi connectivity index (χ1) is 6.88.